The maximum Gasteiger partial charge on any atom is 0.288 e. The second-order valence-electron chi connectivity index (χ2n) is 10.1. The largest absolute Gasteiger partial charge is 0.288 e. The summed E-state index contributed by atoms with van der Waals surface area (Å²) in [5.74, 6) is -3.28. The van der Waals surface area contributed by atoms with Gasteiger partial charge in [-0.1, -0.05) is 12.1 Å². The van der Waals surface area contributed by atoms with E-state index in [1.165, 1.54) is 23.0 Å². The Morgan fingerprint density at radius 3 is 2.41 bits per heavy atom. The monoisotopic (exact) mass is 506 g/mol. The molecule has 192 valence electrons. The van der Waals surface area contributed by atoms with Crippen LogP contribution < -0.4 is 5.56 Å². The molecule has 1 aliphatic rings. The molecule has 1 saturated carbocycles. The molecule has 0 saturated heterocycles. The molecule has 1 fully saturated rings. The summed E-state index contributed by atoms with van der Waals surface area (Å²) in [6.45, 7) is 4.37. The molecule has 0 atom stereocenters. The van der Waals surface area contributed by atoms with Crippen LogP contribution in [0.2, 0.25) is 0 Å². The van der Waals surface area contributed by atoms with E-state index in [-0.39, 0.29) is 35.5 Å². The molecule has 0 spiro atoms. The van der Waals surface area contributed by atoms with E-state index in [1.807, 2.05) is 38.1 Å². The van der Waals surface area contributed by atoms with Crippen LogP contribution in [0.25, 0.3) is 11.0 Å². The van der Waals surface area contributed by atoms with Crippen LogP contribution in [0.15, 0.2) is 53.6 Å². The van der Waals surface area contributed by atoms with E-state index in [0.29, 0.717) is 16.9 Å². The first-order chi connectivity index (χ1) is 17.6. The van der Waals surface area contributed by atoms with Gasteiger partial charge in [-0.05, 0) is 86.8 Å². The summed E-state index contributed by atoms with van der Waals surface area (Å²) in [6, 6.07) is 10.8. The molecule has 0 N–H and O–H groups in total. The predicted molar refractivity (Wildman–Crippen MR) is 137 cm³/mol. The fraction of sp³-hybridized carbons (Fsp3) is 0.379. The Bertz CT molecular complexity index is 1500. The van der Waals surface area contributed by atoms with Crippen molar-refractivity contribution in [2.75, 3.05) is 0 Å². The molecular weight excluding hydrogens is 477 g/mol. The highest BCUT2D eigenvalue weighted by atomic mass is 19.3. The Morgan fingerprint density at radius 2 is 1.70 bits per heavy atom. The molecular formula is C29H29F3N4O. The number of aromatic nitrogens is 4. The van der Waals surface area contributed by atoms with Crippen molar-refractivity contribution in [3.63, 3.8) is 0 Å². The molecule has 0 unspecified atom stereocenters. The molecule has 1 aromatic carbocycles. The molecule has 3 aromatic heterocycles. The lowest BCUT2D eigenvalue weighted by molar-refractivity contribution is 0.0111. The second-order valence-corrected chi connectivity index (χ2v) is 10.1. The Balaban J connectivity index is 1.53. The molecule has 4 aromatic rings. The minimum absolute atomic E-state index is 0.0123. The quantitative estimate of drug-likeness (QED) is 0.308. The summed E-state index contributed by atoms with van der Waals surface area (Å²) in [4.78, 5) is 26.4. The summed E-state index contributed by atoms with van der Waals surface area (Å²) in [5, 5.41) is 0.765. The lowest BCUT2D eigenvalue weighted by Gasteiger charge is -2.30. The van der Waals surface area contributed by atoms with E-state index in [0.717, 1.165) is 49.1 Å². The van der Waals surface area contributed by atoms with Crippen LogP contribution in [-0.4, -0.2) is 19.5 Å². The van der Waals surface area contributed by atoms with Gasteiger partial charge in [-0.15, -0.1) is 0 Å². The topological polar surface area (TPSA) is 60.7 Å². The van der Waals surface area contributed by atoms with E-state index >= 15 is 0 Å². The summed E-state index contributed by atoms with van der Waals surface area (Å²) in [7, 11) is 0. The number of pyridine rings is 2. The molecule has 3 heterocycles. The summed E-state index contributed by atoms with van der Waals surface area (Å²) >= 11 is 0. The van der Waals surface area contributed by atoms with Gasteiger partial charge < -0.3 is 0 Å². The molecule has 1 aliphatic carbocycles. The summed E-state index contributed by atoms with van der Waals surface area (Å²) in [5.41, 5.74) is 2.83. The third-order valence-corrected chi connectivity index (χ3v) is 7.45. The van der Waals surface area contributed by atoms with Crippen molar-refractivity contribution in [3.05, 3.63) is 98.7 Å². The van der Waals surface area contributed by atoms with Crippen molar-refractivity contribution in [2.45, 2.75) is 70.8 Å². The van der Waals surface area contributed by atoms with Gasteiger partial charge in [0.25, 0.3) is 11.5 Å². The highest BCUT2D eigenvalue weighted by Crippen LogP contribution is 2.41. The van der Waals surface area contributed by atoms with Crippen LogP contribution >= 0.6 is 0 Å². The zero-order valence-corrected chi connectivity index (χ0v) is 21.1. The second kappa shape index (κ2) is 9.72. The fourth-order valence-corrected chi connectivity index (χ4v) is 5.66. The standard InChI is InChI=1S/C29H29F3N4O/c1-17-5-4-6-23(30)25(17)20-11-9-19(10-12-20)22-15-21-8-7-18(2)35-27(21)36(28(22)37)16-24-26(29(3,31)32)34-14-13-33-24/h4-8,13-15,19-20H,9-12,16H2,1-3H3/t19-,20-. The number of rotatable bonds is 5. The minimum Gasteiger partial charge on any atom is -0.286 e. The lowest BCUT2D eigenvalue weighted by atomic mass is 9.75. The van der Waals surface area contributed by atoms with Gasteiger partial charge in [0.15, 0.2) is 0 Å². The number of nitrogens with zero attached hydrogens (tertiary/aromatic N) is 4. The summed E-state index contributed by atoms with van der Waals surface area (Å²) in [6.07, 6.45) is 5.60. The molecule has 5 nitrogen and oxygen atoms in total. The third-order valence-electron chi connectivity index (χ3n) is 7.45. The average molecular weight is 507 g/mol. The zero-order chi connectivity index (χ0) is 26.3. The van der Waals surface area contributed by atoms with Crippen molar-refractivity contribution >= 4 is 11.0 Å². The van der Waals surface area contributed by atoms with Crippen molar-refractivity contribution < 1.29 is 13.2 Å². The number of fused-ring (bicyclic) bond motifs is 1. The van der Waals surface area contributed by atoms with Crippen LogP contribution in [-0.2, 0) is 12.5 Å². The lowest BCUT2D eigenvalue weighted by Crippen LogP contribution is -2.29. The Labute approximate surface area is 213 Å². The molecule has 0 aliphatic heterocycles. The number of hydrogen-bond donors (Lipinski definition) is 0. The van der Waals surface area contributed by atoms with Crippen LogP contribution in [0.1, 0.15) is 78.2 Å². The van der Waals surface area contributed by atoms with Crippen LogP contribution in [0, 0.1) is 19.7 Å². The average Bonchev–Trinajstić information content (AvgIpc) is 2.86. The van der Waals surface area contributed by atoms with Crippen molar-refractivity contribution in [2.24, 2.45) is 0 Å². The predicted octanol–water partition coefficient (Wildman–Crippen LogP) is 6.54. The highest BCUT2D eigenvalue weighted by molar-refractivity contribution is 5.76. The molecule has 37 heavy (non-hydrogen) atoms. The van der Waals surface area contributed by atoms with E-state index in [9.17, 15) is 18.0 Å². The molecule has 0 radical (unpaired) electrons. The third kappa shape index (κ3) is 4.89. The Morgan fingerprint density at radius 1 is 1.00 bits per heavy atom. The first-order valence-electron chi connectivity index (χ1n) is 12.6. The molecule has 5 rings (SSSR count). The Hall–Kier alpha value is -3.55. The van der Waals surface area contributed by atoms with Gasteiger partial charge in [0.05, 0.1) is 12.2 Å². The van der Waals surface area contributed by atoms with Gasteiger partial charge in [0.2, 0.25) is 0 Å². The van der Waals surface area contributed by atoms with E-state index in [2.05, 4.69) is 15.0 Å². The van der Waals surface area contributed by atoms with Gasteiger partial charge in [-0.3, -0.25) is 19.3 Å². The van der Waals surface area contributed by atoms with Crippen LogP contribution in [0.4, 0.5) is 13.2 Å². The smallest absolute Gasteiger partial charge is 0.286 e. The Kier molecular flexibility index (Phi) is 6.60. The first kappa shape index (κ1) is 25.1. The van der Waals surface area contributed by atoms with Gasteiger partial charge in [-0.2, -0.15) is 8.78 Å². The van der Waals surface area contributed by atoms with Gasteiger partial charge in [0, 0.05) is 36.0 Å². The fourth-order valence-electron chi connectivity index (χ4n) is 5.66. The van der Waals surface area contributed by atoms with Crippen LogP contribution in [0.3, 0.4) is 0 Å². The number of hydrogen-bond acceptors (Lipinski definition) is 4. The van der Waals surface area contributed by atoms with E-state index in [1.54, 1.807) is 6.07 Å². The number of aryl methyl sites for hydroxylation is 2. The van der Waals surface area contributed by atoms with E-state index < -0.39 is 11.6 Å². The number of alkyl halides is 2. The van der Waals surface area contributed by atoms with Crippen molar-refractivity contribution in [1.29, 1.82) is 0 Å². The van der Waals surface area contributed by atoms with Crippen molar-refractivity contribution in [1.82, 2.24) is 19.5 Å². The van der Waals surface area contributed by atoms with Gasteiger partial charge in [-0.25, -0.2) is 9.37 Å². The normalized spacial score (nSPS) is 18.3. The van der Waals surface area contributed by atoms with Crippen molar-refractivity contribution in [3.8, 4) is 0 Å². The zero-order valence-electron chi connectivity index (χ0n) is 21.1. The number of benzene rings is 1. The summed E-state index contributed by atoms with van der Waals surface area (Å²) < 4.78 is 44.6. The van der Waals surface area contributed by atoms with Gasteiger partial charge >= 0.3 is 0 Å². The molecule has 0 bridgehead atoms. The van der Waals surface area contributed by atoms with Gasteiger partial charge in [0.1, 0.15) is 17.2 Å². The van der Waals surface area contributed by atoms with Crippen LogP contribution in [0.5, 0.6) is 0 Å². The maximum atomic E-state index is 14.6. The van der Waals surface area contributed by atoms with E-state index in [4.69, 9.17) is 0 Å². The highest BCUT2D eigenvalue weighted by Gasteiger charge is 2.32. The number of halogens is 3. The molecule has 0 amide bonds. The minimum atomic E-state index is -3.20. The SMILES string of the molecule is Cc1ccc2cc([C@H]3CC[C@H](c4c(C)cccc4F)CC3)c(=O)n(Cc3nccnc3C(C)(F)F)c2n1. The first-order valence-corrected chi connectivity index (χ1v) is 12.6. The maximum absolute atomic E-state index is 14.6. The molecule has 8 heteroatoms.